The molecule has 0 spiro atoms. The second kappa shape index (κ2) is 7.06. The van der Waals surface area contributed by atoms with Gasteiger partial charge in [-0.3, -0.25) is 20.0 Å². The molecule has 1 atom stereocenters. The maximum absolute atomic E-state index is 11.5. The summed E-state index contributed by atoms with van der Waals surface area (Å²) in [6.45, 7) is 8.10. The van der Waals surface area contributed by atoms with E-state index in [4.69, 9.17) is 10.3 Å². The number of furan rings is 1. The third-order valence-electron chi connectivity index (χ3n) is 4.16. The second-order valence-corrected chi connectivity index (χ2v) is 5.82. The van der Waals surface area contributed by atoms with Gasteiger partial charge < -0.3 is 4.42 Å². The number of hydrogen-bond donors (Lipinski definition) is 2. The maximum Gasteiger partial charge on any atom is 0.301 e. The van der Waals surface area contributed by atoms with Crippen LogP contribution in [-0.2, 0) is 6.54 Å². The average molecular weight is 294 g/mol. The van der Waals surface area contributed by atoms with E-state index < -0.39 is 0 Å². The van der Waals surface area contributed by atoms with Crippen LogP contribution >= 0.6 is 0 Å². The lowest BCUT2D eigenvalue weighted by atomic mass is 10.2. The molecule has 6 heteroatoms. The average Bonchev–Trinajstić information content (AvgIpc) is 3.04. The molecular weight excluding hydrogens is 268 g/mol. The van der Waals surface area contributed by atoms with E-state index in [1.54, 1.807) is 0 Å². The molecule has 118 valence electrons. The third kappa shape index (κ3) is 3.84. The van der Waals surface area contributed by atoms with Crippen molar-refractivity contribution in [1.82, 2.24) is 15.2 Å². The predicted octanol–water partition coefficient (Wildman–Crippen LogP) is 1.11. The summed E-state index contributed by atoms with van der Waals surface area (Å²) < 4.78 is 5.61. The fourth-order valence-electron chi connectivity index (χ4n) is 3.13. The molecule has 1 aliphatic rings. The Morgan fingerprint density at radius 3 is 3.05 bits per heavy atom. The molecule has 0 saturated carbocycles. The van der Waals surface area contributed by atoms with Gasteiger partial charge in [0.15, 0.2) is 5.76 Å². The van der Waals surface area contributed by atoms with Gasteiger partial charge in [0.2, 0.25) is 0 Å². The number of nitrogens with zero attached hydrogens (tertiary/aromatic N) is 2. The van der Waals surface area contributed by atoms with E-state index >= 15 is 0 Å². The summed E-state index contributed by atoms with van der Waals surface area (Å²) in [7, 11) is 2.09. The number of amides is 1. The van der Waals surface area contributed by atoms with Crippen LogP contribution in [0.1, 0.15) is 41.6 Å². The molecule has 1 unspecified atom stereocenters. The normalized spacial score (nSPS) is 19.4. The molecule has 0 radical (unpaired) electrons. The quantitative estimate of drug-likeness (QED) is 0.467. The molecule has 1 aromatic heterocycles. The molecule has 6 nitrogen and oxygen atoms in total. The maximum atomic E-state index is 11.5. The fraction of sp³-hybridized carbons (Fsp3) is 0.667. The molecule has 21 heavy (non-hydrogen) atoms. The van der Waals surface area contributed by atoms with E-state index in [0.717, 1.165) is 24.4 Å². The van der Waals surface area contributed by atoms with Crippen molar-refractivity contribution in [2.75, 3.05) is 26.7 Å². The molecule has 1 aliphatic heterocycles. The topological polar surface area (TPSA) is 74.7 Å². The number of nitrogens with one attached hydrogen (secondary N) is 1. The monoisotopic (exact) mass is 294 g/mol. The molecule has 1 amide bonds. The van der Waals surface area contributed by atoms with Crippen LogP contribution in [0.4, 0.5) is 0 Å². The predicted molar refractivity (Wildman–Crippen MR) is 81.7 cm³/mol. The fourth-order valence-corrected chi connectivity index (χ4v) is 3.13. The summed E-state index contributed by atoms with van der Waals surface area (Å²) in [4.78, 5) is 16.3. The van der Waals surface area contributed by atoms with Crippen molar-refractivity contribution in [3.05, 3.63) is 23.2 Å². The minimum Gasteiger partial charge on any atom is -0.454 e. The van der Waals surface area contributed by atoms with Gasteiger partial charge in [0.1, 0.15) is 5.76 Å². The first-order chi connectivity index (χ1) is 10.0. The Labute approximate surface area is 126 Å². The molecule has 2 heterocycles. The zero-order valence-electron chi connectivity index (χ0n) is 13.2. The molecule has 0 aliphatic carbocycles. The number of hydrogen-bond acceptors (Lipinski definition) is 5. The van der Waals surface area contributed by atoms with E-state index in [-0.39, 0.29) is 5.91 Å². The Hall–Kier alpha value is -1.37. The highest BCUT2D eigenvalue weighted by Crippen LogP contribution is 2.19. The van der Waals surface area contributed by atoms with Crippen molar-refractivity contribution >= 4 is 5.91 Å². The van der Waals surface area contributed by atoms with E-state index in [9.17, 15) is 4.79 Å². The highest BCUT2D eigenvalue weighted by molar-refractivity contribution is 5.92. The summed E-state index contributed by atoms with van der Waals surface area (Å²) in [6.07, 6.45) is 2.54. The van der Waals surface area contributed by atoms with E-state index in [1.807, 2.05) is 13.0 Å². The minimum atomic E-state index is -0.380. The van der Waals surface area contributed by atoms with Crippen LogP contribution in [0.2, 0.25) is 0 Å². The standard InChI is InChI=1S/C15H26N4O2/c1-4-19-7-5-6-12(19)9-18(3)10-13-8-11(2)14(21-13)15(20)17-16/h8,12H,4-7,9-10,16H2,1-3H3,(H,17,20). The van der Waals surface area contributed by atoms with Crippen molar-refractivity contribution in [3.8, 4) is 0 Å². The van der Waals surface area contributed by atoms with Crippen molar-refractivity contribution < 1.29 is 9.21 Å². The number of hydrazine groups is 1. The summed E-state index contributed by atoms with van der Waals surface area (Å²) in [6, 6.07) is 2.54. The molecule has 0 aromatic carbocycles. The van der Waals surface area contributed by atoms with Gasteiger partial charge in [-0.05, 0) is 46.0 Å². The van der Waals surface area contributed by atoms with Gasteiger partial charge in [-0.25, -0.2) is 5.84 Å². The minimum absolute atomic E-state index is 0.303. The van der Waals surface area contributed by atoms with Crippen molar-refractivity contribution in [1.29, 1.82) is 0 Å². The van der Waals surface area contributed by atoms with Crippen molar-refractivity contribution in [3.63, 3.8) is 0 Å². The van der Waals surface area contributed by atoms with Crippen LogP contribution < -0.4 is 11.3 Å². The van der Waals surface area contributed by atoms with Crippen LogP contribution in [0.3, 0.4) is 0 Å². The number of carbonyl (C=O) groups is 1. The summed E-state index contributed by atoms with van der Waals surface area (Å²) in [5.74, 6) is 5.87. The molecule has 1 aromatic rings. The highest BCUT2D eigenvalue weighted by Gasteiger charge is 2.24. The Morgan fingerprint density at radius 2 is 2.38 bits per heavy atom. The van der Waals surface area contributed by atoms with Crippen LogP contribution in [-0.4, -0.2) is 48.4 Å². The lowest BCUT2D eigenvalue weighted by Crippen LogP contribution is -2.38. The first kappa shape index (κ1) is 16.0. The number of nitrogen functional groups attached to an aromatic ring is 1. The Bertz CT molecular complexity index is 486. The largest absolute Gasteiger partial charge is 0.454 e. The van der Waals surface area contributed by atoms with Gasteiger partial charge in [0.05, 0.1) is 6.54 Å². The van der Waals surface area contributed by atoms with Crippen molar-refractivity contribution in [2.45, 2.75) is 39.3 Å². The Kier molecular flexibility index (Phi) is 5.39. The van der Waals surface area contributed by atoms with Crippen LogP contribution in [0.15, 0.2) is 10.5 Å². The molecule has 1 fully saturated rings. The van der Waals surface area contributed by atoms with Crippen LogP contribution in [0.5, 0.6) is 0 Å². The summed E-state index contributed by atoms with van der Waals surface area (Å²) in [5, 5.41) is 0. The first-order valence-corrected chi connectivity index (χ1v) is 7.58. The SMILES string of the molecule is CCN1CCCC1CN(C)Cc1cc(C)c(C(=O)NN)o1. The van der Waals surface area contributed by atoms with Gasteiger partial charge in [-0.2, -0.15) is 0 Å². The van der Waals surface area contributed by atoms with E-state index in [0.29, 0.717) is 18.3 Å². The molecular formula is C15H26N4O2. The lowest BCUT2D eigenvalue weighted by Gasteiger charge is -2.27. The summed E-state index contributed by atoms with van der Waals surface area (Å²) >= 11 is 0. The lowest BCUT2D eigenvalue weighted by molar-refractivity contribution is 0.0921. The van der Waals surface area contributed by atoms with Gasteiger partial charge in [0.25, 0.3) is 0 Å². The van der Waals surface area contributed by atoms with Gasteiger partial charge in [0, 0.05) is 18.2 Å². The molecule has 3 N–H and O–H groups in total. The Morgan fingerprint density at radius 1 is 1.62 bits per heavy atom. The molecule has 0 bridgehead atoms. The number of likely N-dealkylation sites (tertiary alicyclic amines) is 1. The third-order valence-corrected chi connectivity index (χ3v) is 4.16. The zero-order chi connectivity index (χ0) is 15.4. The highest BCUT2D eigenvalue weighted by atomic mass is 16.4. The van der Waals surface area contributed by atoms with Crippen molar-refractivity contribution in [2.24, 2.45) is 5.84 Å². The Balaban J connectivity index is 1.93. The second-order valence-electron chi connectivity index (χ2n) is 5.82. The number of nitrogens with two attached hydrogens (primary N) is 1. The number of carbonyl (C=O) groups excluding carboxylic acids is 1. The van der Waals surface area contributed by atoms with Crippen LogP contribution in [0, 0.1) is 6.92 Å². The molecule has 1 saturated heterocycles. The van der Waals surface area contributed by atoms with Crippen LogP contribution in [0.25, 0.3) is 0 Å². The van der Waals surface area contributed by atoms with Gasteiger partial charge in [-0.1, -0.05) is 6.92 Å². The number of likely N-dealkylation sites (N-methyl/N-ethyl adjacent to an activating group) is 2. The van der Waals surface area contributed by atoms with E-state index in [2.05, 4.69) is 29.2 Å². The smallest absolute Gasteiger partial charge is 0.301 e. The first-order valence-electron chi connectivity index (χ1n) is 7.58. The molecule has 2 rings (SSSR count). The van der Waals surface area contributed by atoms with E-state index in [1.165, 1.54) is 19.4 Å². The number of aryl methyl sites for hydroxylation is 1. The summed E-state index contributed by atoms with van der Waals surface area (Å²) in [5.41, 5.74) is 2.92. The number of rotatable bonds is 6. The zero-order valence-corrected chi connectivity index (χ0v) is 13.2. The van der Waals surface area contributed by atoms with Gasteiger partial charge >= 0.3 is 5.91 Å². The van der Waals surface area contributed by atoms with Gasteiger partial charge in [-0.15, -0.1) is 0 Å².